The number of nitrogens with zero attached hydrogens (tertiary/aromatic N) is 2. The molecule has 0 heterocycles. The van der Waals surface area contributed by atoms with Crippen molar-refractivity contribution >= 4 is 11.6 Å². The smallest absolute Gasteiger partial charge is 0.224 e. The van der Waals surface area contributed by atoms with Crippen LogP contribution >= 0.6 is 0 Å². The van der Waals surface area contributed by atoms with E-state index in [1.54, 1.807) is 0 Å². The predicted molar refractivity (Wildman–Crippen MR) is 96.5 cm³/mol. The highest BCUT2D eigenvalue weighted by molar-refractivity contribution is 5.76. The number of rotatable bonds is 8. The van der Waals surface area contributed by atoms with Crippen molar-refractivity contribution in [3.8, 4) is 0 Å². The van der Waals surface area contributed by atoms with Gasteiger partial charge in [-0.05, 0) is 31.5 Å². The molecule has 0 radical (unpaired) electrons. The van der Waals surface area contributed by atoms with Gasteiger partial charge in [0.25, 0.3) is 0 Å². The Bertz CT molecular complexity index is 579. The Kier molecular flexibility index (Phi) is 6.67. The number of hydrogen-bond acceptors (Lipinski definition) is 2. The predicted octanol–water partition coefficient (Wildman–Crippen LogP) is 3.95. The van der Waals surface area contributed by atoms with E-state index in [4.69, 9.17) is 0 Å². The lowest BCUT2D eigenvalue weighted by atomic mass is 10.2. The van der Waals surface area contributed by atoms with E-state index in [9.17, 15) is 4.79 Å². The zero-order valence-corrected chi connectivity index (χ0v) is 14.1. The fraction of sp³-hybridized carbons (Fsp3) is 0.350. The highest BCUT2D eigenvalue weighted by Crippen LogP contribution is 2.17. The van der Waals surface area contributed by atoms with Gasteiger partial charge in [0, 0.05) is 38.3 Å². The van der Waals surface area contributed by atoms with Crippen LogP contribution in [0.25, 0.3) is 0 Å². The minimum absolute atomic E-state index is 0.226. The molecule has 1 amide bonds. The SMILES string of the molecule is CCN(CC)C(=O)CCN(Cc1ccccc1)c1ccccc1. The first-order valence-corrected chi connectivity index (χ1v) is 8.36. The summed E-state index contributed by atoms with van der Waals surface area (Å²) >= 11 is 0. The molecule has 0 atom stereocenters. The third-order valence-corrected chi connectivity index (χ3v) is 4.05. The summed E-state index contributed by atoms with van der Waals surface area (Å²) in [5.74, 6) is 0.226. The molecular weight excluding hydrogens is 284 g/mol. The van der Waals surface area contributed by atoms with Gasteiger partial charge in [-0.3, -0.25) is 4.79 Å². The van der Waals surface area contributed by atoms with Gasteiger partial charge in [0.2, 0.25) is 5.91 Å². The fourth-order valence-corrected chi connectivity index (χ4v) is 2.71. The molecule has 3 heteroatoms. The molecule has 2 aromatic carbocycles. The van der Waals surface area contributed by atoms with E-state index in [1.807, 2.05) is 43.0 Å². The summed E-state index contributed by atoms with van der Waals surface area (Å²) in [7, 11) is 0. The van der Waals surface area contributed by atoms with Gasteiger partial charge < -0.3 is 9.80 Å². The number of carbonyl (C=O) groups excluding carboxylic acids is 1. The van der Waals surface area contributed by atoms with Crippen molar-refractivity contribution in [1.82, 2.24) is 4.90 Å². The monoisotopic (exact) mass is 310 g/mol. The molecule has 0 N–H and O–H groups in total. The zero-order chi connectivity index (χ0) is 16.5. The lowest BCUT2D eigenvalue weighted by molar-refractivity contribution is -0.130. The summed E-state index contributed by atoms with van der Waals surface area (Å²) in [6.45, 7) is 7.16. The second kappa shape index (κ2) is 8.99. The van der Waals surface area contributed by atoms with Gasteiger partial charge in [-0.2, -0.15) is 0 Å². The van der Waals surface area contributed by atoms with E-state index in [0.717, 1.165) is 31.9 Å². The van der Waals surface area contributed by atoms with E-state index in [0.29, 0.717) is 6.42 Å². The lowest BCUT2D eigenvalue weighted by Gasteiger charge is -2.26. The Morgan fingerprint density at radius 2 is 1.43 bits per heavy atom. The number of amides is 1. The van der Waals surface area contributed by atoms with Crippen LogP contribution in [0.3, 0.4) is 0 Å². The quantitative estimate of drug-likeness (QED) is 0.737. The van der Waals surface area contributed by atoms with Gasteiger partial charge in [-0.15, -0.1) is 0 Å². The first kappa shape index (κ1) is 17.1. The van der Waals surface area contributed by atoms with Crippen molar-refractivity contribution < 1.29 is 4.79 Å². The molecule has 3 nitrogen and oxygen atoms in total. The van der Waals surface area contributed by atoms with Crippen LogP contribution < -0.4 is 4.90 Å². The lowest BCUT2D eigenvalue weighted by Crippen LogP contribution is -2.34. The van der Waals surface area contributed by atoms with Crippen LogP contribution in [0.1, 0.15) is 25.8 Å². The van der Waals surface area contributed by atoms with Crippen LogP contribution in [0, 0.1) is 0 Å². The maximum atomic E-state index is 12.3. The molecule has 2 aromatic rings. The van der Waals surface area contributed by atoms with Gasteiger partial charge in [-0.25, -0.2) is 0 Å². The number of benzene rings is 2. The molecule has 0 unspecified atom stereocenters. The van der Waals surface area contributed by atoms with Crippen molar-refractivity contribution in [3.63, 3.8) is 0 Å². The molecule has 0 aliphatic carbocycles. The van der Waals surface area contributed by atoms with Crippen molar-refractivity contribution in [1.29, 1.82) is 0 Å². The first-order chi connectivity index (χ1) is 11.2. The normalized spacial score (nSPS) is 10.3. The van der Waals surface area contributed by atoms with E-state index >= 15 is 0 Å². The van der Waals surface area contributed by atoms with Gasteiger partial charge in [0.1, 0.15) is 0 Å². The molecule has 0 saturated heterocycles. The summed E-state index contributed by atoms with van der Waals surface area (Å²) < 4.78 is 0. The van der Waals surface area contributed by atoms with Crippen molar-refractivity contribution in [3.05, 3.63) is 66.2 Å². The Balaban J connectivity index is 2.07. The summed E-state index contributed by atoms with van der Waals surface area (Å²) in [4.78, 5) is 16.5. The molecule has 2 rings (SSSR count). The number of hydrogen-bond donors (Lipinski definition) is 0. The molecule has 0 aliphatic heterocycles. The van der Waals surface area contributed by atoms with Crippen LogP contribution in [-0.4, -0.2) is 30.4 Å². The van der Waals surface area contributed by atoms with Crippen LogP contribution in [0.4, 0.5) is 5.69 Å². The van der Waals surface area contributed by atoms with Crippen molar-refractivity contribution in [2.75, 3.05) is 24.5 Å². The number of anilines is 1. The summed E-state index contributed by atoms with van der Waals surface area (Å²) in [6, 6.07) is 20.7. The Labute approximate surface area is 139 Å². The van der Waals surface area contributed by atoms with Crippen molar-refractivity contribution in [2.24, 2.45) is 0 Å². The molecular formula is C20H26N2O. The average Bonchev–Trinajstić information content (AvgIpc) is 2.61. The van der Waals surface area contributed by atoms with E-state index in [-0.39, 0.29) is 5.91 Å². The van der Waals surface area contributed by atoms with E-state index in [1.165, 1.54) is 5.56 Å². The van der Waals surface area contributed by atoms with E-state index in [2.05, 4.69) is 41.3 Å². The van der Waals surface area contributed by atoms with Gasteiger partial charge in [-0.1, -0.05) is 48.5 Å². The van der Waals surface area contributed by atoms with Gasteiger partial charge >= 0.3 is 0 Å². The summed E-state index contributed by atoms with van der Waals surface area (Å²) in [5, 5.41) is 0. The molecule has 122 valence electrons. The van der Waals surface area contributed by atoms with E-state index < -0.39 is 0 Å². The fourth-order valence-electron chi connectivity index (χ4n) is 2.71. The maximum Gasteiger partial charge on any atom is 0.224 e. The number of para-hydroxylation sites is 1. The second-order valence-electron chi connectivity index (χ2n) is 5.56. The van der Waals surface area contributed by atoms with Gasteiger partial charge in [0.05, 0.1) is 0 Å². The van der Waals surface area contributed by atoms with Crippen LogP contribution in [0.15, 0.2) is 60.7 Å². The molecule has 0 bridgehead atoms. The number of carbonyl (C=O) groups is 1. The minimum atomic E-state index is 0.226. The van der Waals surface area contributed by atoms with Crippen LogP contribution in [-0.2, 0) is 11.3 Å². The first-order valence-electron chi connectivity index (χ1n) is 8.36. The summed E-state index contributed by atoms with van der Waals surface area (Å²) in [5.41, 5.74) is 2.41. The molecule has 23 heavy (non-hydrogen) atoms. The molecule has 0 saturated carbocycles. The highest BCUT2D eigenvalue weighted by Gasteiger charge is 2.13. The largest absolute Gasteiger partial charge is 0.367 e. The van der Waals surface area contributed by atoms with Crippen molar-refractivity contribution in [2.45, 2.75) is 26.8 Å². The second-order valence-corrected chi connectivity index (χ2v) is 5.56. The molecule has 0 fully saturated rings. The molecule has 0 spiro atoms. The average molecular weight is 310 g/mol. The summed E-state index contributed by atoms with van der Waals surface area (Å²) in [6.07, 6.45) is 0.545. The third kappa shape index (κ3) is 5.13. The molecule has 0 aromatic heterocycles. The maximum absolute atomic E-state index is 12.3. The topological polar surface area (TPSA) is 23.6 Å². The Hall–Kier alpha value is -2.29. The molecule has 0 aliphatic rings. The zero-order valence-electron chi connectivity index (χ0n) is 14.1. The minimum Gasteiger partial charge on any atom is -0.367 e. The highest BCUT2D eigenvalue weighted by atomic mass is 16.2. The van der Waals surface area contributed by atoms with Crippen LogP contribution in [0.5, 0.6) is 0 Å². The Morgan fingerprint density at radius 3 is 2.00 bits per heavy atom. The van der Waals surface area contributed by atoms with Gasteiger partial charge in [0.15, 0.2) is 0 Å². The standard InChI is InChI=1S/C20H26N2O/c1-3-21(4-2)20(23)15-16-22(19-13-9-6-10-14-19)17-18-11-7-5-8-12-18/h5-14H,3-4,15-17H2,1-2H3. The Morgan fingerprint density at radius 1 is 0.870 bits per heavy atom. The van der Waals surface area contributed by atoms with Crippen LogP contribution in [0.2, 0.25) is 0 Å². The third-order valence-electron chi connectivity index (χ3n) is 4.05.